The number of primary amides is 1. The first-order valence-electron chi connectivity index (χ1n) is 8.53. The van der Waals surface area contributed by atoms with Crippen molar-refractivity contribution in [3.8, 4) is 0 Å². The average Bonchev–Trinajstić information content (AvgIpc) is 3.17. The molecular weight excluding hydrogens is 290 g/mol. The largest absolute Gasteiger partial charge is 0.392 e. The fraction of sp³-hybridized carbons (Fsp3) is 0.611. The molecule has 2 aliphatic rings. The van der Waals surface area contributed by atoms with Crippen LogP contribution in [-0.4, -0.2) is 36.2 Å². The summed E-state index contributed by atoms with van der Waals surface area (Å²) >= 11 is 0. The second kappa shape index (κ2) is 8.31. The van der Waals surface area contributed by atoms with E-state index in [0.717, 1.165) is 42.5 Å². The van der Waals surface area contributed by atoms with Crippen LogP contribution in [0.25, 0.3) is 0 Å². The fourth-order valence-corrected chi connectivity index (χ4v) is 3.52. The number of aliphatic hydroxyl groups excluding tert-OH is 1. The lowest BCUT2D eigenvalue weighted by atomic mass is 9.89. The van der Waals surface area contributed by atoms with Gasteiger partial charge >= 0.3 is 0 Å². The molecule has 2 rings (SSSR count). The molecule has 0 spiro atoms. The number of hydrogen-bond acceptors (Lipinski definition) is 4. The Bertz CT molecular complexity index is 528. The molecule has 2 aliphatic heterocycles. The van der Waals surface area contributed by atoms with E-state index < -0.39 is 0 Å². The van der Waals surface area contributed by atoms with Gasteiger partial charge in [0.15, 0.2) is 0 Å². The lowest BCUT2D eigenvalue weighted by molar-refractivity contribution is -0.117. The van der Waals surface area contributed by atoms with Gasteiger partial charge in [0.2, 0.25) is 5.91 Å². The minimum atomic E-state index is -0.301. The molecular formula is C18H29N3O2. The molecule has 0 saturated carbocycles. The molecule has 0 radical (unpaired) electrons. The normalized spacial score (nSPS) is 25.9. The SMILES string of the molecule is CC/C=C(\C(CO)=C(C)[C@H]1CC(CC(N)=O)=CN1)[C@@H]1CCCN1. The van der Waals surface area contributed by atoms with Gasteiger partial charge in [0, 0.05) is 12.5 Å². The van der Waals surface area contributed by atoms with E-state index in [4.69, 9.17) is 5.73 Å². The predicted octanol–water partition coefficient (Wildman–Crippen LogP) is 1.50. The Morgan fingerprint density at radius 2 is 2.26 bits per heavy atom. The van der Waals surface area contributed by atoms with Crippen LogP contribution >= 0.6 is 0 Å². The van der Waals surface area contributed by atoms with Crippen LogP contribution in [0, 0.1) is 0 Å². The zero-order chi connectivity index (χ0) is 16.8. The number of carbonyl (C=O) groups is 1. The second-order valence-corrected chi connectivity index (χ2v) is 6.41. The van der Waals surface area contributed by atoms with Crippen molar-refractivity contribution in [2.45, 2.75) is 58.0 Å². The quantitative estimate of drug-likeness (QED) is 0.536. The van der Waals surface area contributed by atoms with Gasteiger partial charge in [-0.15, -0.1) is 0 Å². The van der Waals surface area contributed by atoms with E-state index in [9.17, 15) is 9.90 Å². The standard InChI is InChI=1S/C18H29N3O2/c1-3-5-14(16-6-4-7-20-16)15(11-22)12(2)17-8-13(10-21-17)9-18(19)23/h5,10,16-17,20-22H,3-4,6-9,11H2,1-2H3,(H2,19,23)/b14-5+,15-12?/t16-,17+/m0/s1. The van der Waals surface area contributed by atoms with Crippen molar-refractivity contribution in [2.75, 3.05) is 13.2 Å². The third-order valence-electron chi connectivity index (χ3n) is 4.72. The van der Waals surface area contributed by atoms with E-state index in [0.29, 0.717) is 12.5 Å². The Morgan fingerprint density at radius 3 is 2.83 bits per heavy atom. The summed E-state index contributed by atoms with van der Waals surface area (Å²) in [5, 5.41) is 16.8. The van der Waals surface area contributed by atoms with Gasteiger partial charge in [-0.05, 0) is 67.6 Å². The minimum absolute atomic E-state index is 0.0409. The van der Waals surface area contributed by atoms with Crippen molar-refractivity contribution in [3.63, 3.8) is 0 Å². The van der Waals surface area contributed by atoms with Crippen molar-refractivity contribution in [2.24, 2.45) is 5.73 Å². The number of amides is 1. The second-order valence-electron chi connectivity index (χ2n) is 6.41. The van der Waals surface area contributed by atoms with E-state index in [1.165, 1.54) is 12.0 Å². The number of carbonyl (C=O) groups excluding carboxylic acids is 1. The summed E-state index contributed by atoms with van der Waals surface area (Å²) in [5.41, 5.74) is 9.71. The van der Waals surface area contributed by atoms with Gasteiger partial charge in [-0.3, -0.25) is 4.79 Å². The Kier molecular flexibility index (Phi) is 6.42. The summed E-state index contributed by atoms with van der Waals surface area (Å²) in [6, 6.07) is 0.472. The Hall–Kier alpha value is -1.59. The molecule has 0 aromatic carbocycles. The smallest absolute Gasteiger partial charge is 0.221 e. The molecule has 5 heteroatoms. The zero-order valence-electron chi connectivity index (χ0n) is 14.2. The highest BCUT2D eigenvalue weighted by molar-refractivity contribution is 5.76. The lowest BCUT2D eigenvalue weighted by Gasteiger charge is -2.23. The summed E-state index contributed by atoms with van der Waals surface area (Å²) in [6.07, 6.45) is 8.44. The molecule has 128 valence electrons. The van der Waals surface area contributed by atoms with Crippen molar-refractivity contribution >= 4 is 5.91 Å². The minimum Gasteiger partial charge on any atom is -0.392 e. The number of aliphatic hydroxyl groups is 1. The number of nitrogens with one attached hydrogen (secondary N) is 2. The lowest BCUT2D eigenvalue weighted by Crippen LogP contribution is -2.29. The third kappa shape index (κ3) is 4.45. The Morgan fingerprint density at radius 1 is 1.48 bits per heavy atom. The molecule has 2 heterocycles. The van der Waals surface area contributed by atoms with E-state index >= 15 is 0 Å². The maximum Gasteiger partial charge on any atom is 0.221 e. The first-order valence-corrected chi connectivity index (χ1v) is 8.53. The van der Waals surface area contributed by atoms with Crippen LogP contribution in [0.4, 0.5) is 0 Å². The molecule has 5 N–H and O–H groups in total. The van der Waals surface area contributed by atoms with Crippen LogP contribution in [0.2, 0.25) is 0 Å². The van der Waals surface area contributed by atoms with Gasteiger partial charge in [-0.2, -0.15) is 0 Å². The highest BCUT2D eigenvalue weighted by Gasteiger charge is 2.26. The Balaban J connectivity index is 2.18. The van der Waals surface area contributed by atoms with Crippen LogP contribution < -0.4 is 16.4 Å². The van der Waals surface area contributed by atoms with Gasteiger partial charge in [0.25, 0.3) is 0 Å². The van der Waals surface area contributed by atoms with E-state index in [1.54, 1.807) is 0 Å². The predicted molar refractivity (Wildman–Crippen MR) is 92.6 cm³/mol. The molecule has 5 nitrogen and oxygen atoms in total. The van der Waals surface area contributed by atoms with Gasteiger partial charge < -0.3 is 21.5 Å². The molecule has 0 aromatic rings. The molecule has 0 aromatic heterocycles. The number of rotatable bonds is 7. The molecule has 23 heavy (non-hydrogen) atoms. The summed E-state index contributed by atoms with van der Waals surface area (Å²) in [6.45, 7) is 5.27. The molecule has 1 amide bonds. The summed E-state index contributed by atoms with van der Waals surface area (Å²) in [5.74, 6) is -0.301. The average molecular weight is 319 g/mol. The van der Waals surface area contributed by atoms with Crippen molar-refractivity contribution in [1.82, 2.24) is 10.6 Å². The monoisotopic (exact) mass is 319 g/mol. The molecule has 0 unspecified atom stereocenters. The summed E-state index contributed by atoms with van der Waals surface area (Å²) in [4.78, 5) is 11.1. The zero-order valence-corrected chi connectivity index (χ0v) is 14.2. The first kappa shape index (κ1) is 17.8. The highest BCUT2D eigenvalue weighted by atomic mass is 16.3. The summed E-state index contributed by atoms with van der Waals surface area (Å²) < 4.78 is 0. The van der Waals surface area contributed by atoms with Crippen molar-refractivity contribution in [1.29, 1.82) is 0 Å². The first-order chi connectivity index (χ1) is 11.1. The van der Waals surface area contributed by atoms with Gasteiger partial charge in [0.05, 0.1) is 12.6 Å². The van der Waals surface area contributed by atoms with Gasteiger partial charge in [-0.1, -0.05) is 13.0 Å². The van der Waals surface area contributed by atoms with Crippen LogP contribution in [0.5, 0.6) is 0 Å². The van der Waals surface area contributed by atoms with Crippen LogP contribution in [0.1, 0.15) is 46.0 Å². The fourth-order valence-electron chi connectivity index (χ4n) is 3.52. The van der Waals surface area contributed by atoms with E-state index in [2.05, 4.69) is 30.6 Å². The van der Waals surface area contributed by atoms with Crippen molar-refractivity contribution < 1.29 is 9.90 Å². The number of allylic oxidation sites excluding steroid dienone is 1. The topological polar surface area (TPSA) is 87.4 Å². The molecule has 0 aliphatic carbocycles. The molecule has 1 saturated heterocycles. The maximum atomic E-state index is 11.1. The maximum absolute atomic E-state index is 11.1. The van der Waals surface area contributed by atoms with Crippen LogP contribution in [-0.2, 0) is 4.79 Å². The van der Waals surface area contributed by atoms with Crippen LogP contribution in [0.3, 0.4) is 0 Å². The van der Waals surface area contributed by atoms with E-state index in [1.807, 2.05) is 6.20 Å². The molecule has 0 bridgehead atoms. The highest BCUT2D eigenvalue weighted by Crippen LogP contribution is 2.29. The van der Waals surface area contributed by atoms with Crippen LogP contribution in [0.15, 0.2) is 34.6 Å². The van der Waals surface area contributed by atoms with Crippen molar-refractivity contribution in [3.05, 3.63) is 34.6 Å². The summed E-state index contributed by atoms with van der Waals surface area (Å²) in [7, 11) is 0. The van der Waals surface area contributed by atoms with E-state index in [-0.39, 0.29) is 18.6 Å². The Labute approximate surface area is 138 Å². The molecule has 1 fully saturated rings. The number of nitrogens with two attached hydrogens (primary N) is 1. The van der Waals surface area contributed by atoms with Gasteiger partial charge in [0.1, 0.15) is 0 Å². The van der Waals surface area contributed by atoms with Gasteiger partial charge in [-0.25, -0.2) is 0 Å². The third-order valence-corrected chi connectivity index (χ3v) is 4.72. The molecule has 2 atom stereocenters. The number of hydrogen-bond donors (Lipinski definition) is 4.